The molecule has 1 rings (SSSR count). The van der Waals surface area contributed by atoms with E-state index in [2.05, 4.69) is 15.9 Å². The molecule has 7 heteroatoms. The van der Waals surface area contributed by atoms with Gasteiger partial charge in [-0.2, -0.15) is 14.3 Å². The SMILES string of the molecule is CC(C)Oc1ccc(C(F)(F)C(=O)NF)cc1Br. The Bertz CT molecular complexity index is 452. The highest BCUT2D eigenvalue weighted by Crippen LogP contribution is 2.34. The summed E-state index contributed by atoms with van der Waals surface area (Å²) in [5.41, 5.74) is -0.190. The molecule has 1 aromatic carbocycles. The van der Waals surface area contributed by atoms with Crippen molar-refractivity contribution >= 4 is 21.8 Å². The van der Waals surface area contributed by atoms with E-state index in [1.165, 1.54) is 6.07 Å². The fourth-order valence-electron chi connectivity index (χ4n) is 1.24. The summed E-state index contributed by atoms with van der Waals surface area (Å²) in [5, 5.41) is 0. The standard InChI is InChI=1S/C11H11BrF3NO2/c1-6(2)18-9-4-3-7(5-8(9)12)11(13,14)10(17)16-15/h3-6H,1-2H3,(H,16,17). The van der Waals surface area contributed by atoms with Crippen molar-refractivity contribution in [1.82, 2.24) is 5.54 Å². The molecule has 1 aromatic rings. The second kappa shape index (κ2) is 5.60. The number of nitrogens with one attached hydrogen (secondary N) is 1. The summed E-state index contributed by atoms with van der Waals surface area (Å²) in [6.07, 6.45) is -0.123. The van der Waals surface area contributed by atoms with E-state index in [-0.39, 0.29) is 10.6 Å². The lowest BCUT2D eigenvalue weighted by atomic mass is 10.1. The van der Waals surface area contributed by atoms with Crippen molar-refractivity contribution < 1.29 is 22.8 Å². The number of amides is 1. The van der Waals surface area contributed by atoms with E-state index in [0.29, 0.717) is 11.3 Å². The average Bonchev–Trinajstić information content (AvgIpc) is 2.29. The van der Waals surface area contributed by atoms with Crippen LogP contribution in [0.25, 0.3) is 0 Å². The van der Waals surface area contributed by atoms with E-state index >= 15 is 0 Å². The summed E-state index contributed by atoms with van der Waals surface area (Å²) in [6.45, 7) is 3.57. The Hall–Kier alpha value is -1.24. The summed E-state index contributed by atoms with van der Waals surface area (Å²) >= 11 is 3.06. The van der Waals surface area contributed by atoms with Gasteiger partial charge in [0.1, 0.15) is 5.75 Å². The summed E-state index contributed by atoms with van der Waals surface area (Å²) in [4.78, 5) is 10.7. The number of hydrogen-bond acceptors (Lipinski definition) is 2. The van der Waals surface area contributed by atoms with Crippen molar-refractivity contribution in [3.05, 3.63) is 28.2 Å². The van der Waals surface area contributed by atoms with E-state index in [1.807, 2.05) is 0 Å². The molecule has 0 aromatic heterocycles. The Morgan fingerprint density at radius 2 is 2.06 bits per heavy atom. The minimum atomic E-state index is -3.94. The number of hydrogen-bond donors (Lipinski definition) is 1. The number of alkyl halides is 2. The number of carbonyl (C=O) groups excluding carboxylic acids is 1. The van der Waals surface area contributed by atoms with Crippen LogP contribution in [0.4, 0.5) is 13.3 Å². The number of ether oxygens (including phenoxy) is 1. The van der Waals surface area contributed by atoms with Crippen molar-refractivity contribution in [2.24, 2.45) is 0 Å². The van der Waals surface area contributed by atoms with Crippen molar-refractivity contribution in [2.75, 3.05) is 0 Å². The van der Waals surface area contributed by atoms with Crippen LogP contribution >= 0.6 is 15.9 Å². The maximum absolute atomic E-state index is 13.4. The van der Waals surface area contributed by atoms with Crippen molar-refractivity contribution in [3.8, 4) is 5.75 Å². The molecular weight excluding hydrogens is 315 g/mol. The van der Waals surface area contributed by atoms with E-state index in [1.54, 1.807) is 13.8 Å². The topological polar surface area (TPSA) is 38.3 Å². The first-order valence-corrected chi connectivity index (χ1v) is 5.84. The third kappa shape index (κ3) is 3.16. The molecule has 0 aliphatic heterocycles. The van der Waals surface area contributed by atoms with Crippen molar-refractivity contribution in [1.29, 1.82) is 0 Å². The monoisotopic (exact) mass is 325 g/mol. The first-order chi connectivity index (χ1) is 8.28. The quantitative estimate of drug-likeness (QED) is 0.862. The predicted molar refractivity (Wildman–Crippen MR) is 63.1 cm³/mol. The Morgan fingerprint density at radius 1 is 1.44 bits per heavy atom. The van der Waals surface area contributed by atoms with Crippen LogP contribution in [0, 0.1) is 0 Å². The zero-order valence-corrected chi connectivity index (χ0v) is 11.2. The molecule has 3 nitrogen and oxygen atoms in total. The van der Waals surface area contributed by atoms with Crippen LogP contribution in [-0.4, -0.2) is 12.0 Å². The molecule has 0 bridgehead atoms. The van der Waals surface area contributed by atoms with Crippen LogP contribution in [0.2, 0.25) is 0 Å². The number of carbonyl (C=O) groups is 1. The summed E-state index contributed by atoms with van der Waals surface area (Å²) < 4.78 is 44.2. The van der Waals surface area contributed by atoms with Crippen LogP contribution in [-0.2, 0) is 10.7 Å². The molecule has 100 valence electrons. The number of rotatable bonds is 4. The molecule has 0 fully saturated rings. The van der Waals surface area contributed by atoms with Gasteiger partial charge in [0.05, 0.1) is 10.6 Å². The van der Waals surface area contributed by atoms with Gasteiger partial charge in [-0.15, -0.1) is 4.48 Å². The third-order valence-electron chi connectivity index (χ3n) is 2.03. The molecule has 0 aliphatic carbocycles. The first kappa shape index (κ1) is 14.8. The molecule has 0 spiro atoms. The van der Waals surface area contributed by atoms with Crippen LogP contribution in [0.5, 0.6) is 5.75 Å². The van der Waals surface area contributed by atoms with Gasteiger partial charge in [-0.3, -0.25) is 4.79 Å². The lowest BCUT2D eigenvalue weighted by Gasteiger charge is -2.16. The summed E-state index contributed by atoms with van der Waals surface area (Å²) in [6, 6.07) is 3.32. The minimum Gasteiger partial charge on any atom is -0.490 e. The predicted octanol–water partition coefficient (Wildman–Crippen LogP) is 3.33. The van der Waals surface area contributed by atoms with Crippen LogP contribution in [0.1, 0.15) is 19.4 Å². The van der Waals surface area contributed by atoms with Crippen molar-refractivity contribution in [3.63, 3.8) is 0 Å². The van der Waals surface area contributed by atoms with Gasteiger partial charge in [0.2, 0.25) is 0 Å². The first-order valence-electron chi connectivity index (χ1n) is 5.04. The molecule has 0 heterocycles. The van der Waals surface area contributed by atoms with E-state index in [4.69, 9.17) is 4.74 Å². The van der Waals surface area contributed by atoms with Gasteiger partial charge in [0.15, 0.2) is 0 Å². The Balaban J connectivity index is 3.07. The van der Waals surface area contributed by atoms with Gasteiger partial charge in [-0.25, -0.2) is 0 Å². The van der Waals surface area contributed by atoms with Gasteiger partial charge in [0.25, 0.3) is 0 Å². The fourth-order valence-corrected chi connectivity index (χ4v) is 1.71. The lowest BCUT2D eigenvalue weighted by molar-refractivity contribution is -0.151. The van der Waals surface area contributed by atoms with E-state index < -0.39 is 17.4 Å². The molecule has 0 unspecified atom stereocenters. The van der Waals surface area contributed by atoms with Crippen molar-refractivity contribution in [2.45, 2.75) is 25.9 Å². The van der Waals surface area contributed by atoms with Crippen LogP contribution in [0.15, 0.2) is 22.7 Å². The highest BCUT2D eigenvalue weighted by Gasteiger charge is 2.41. The molecule has 1 N–H and O–H groups in total. The normalized spacial score (nSPS) is 11.5. The Kier molecular flexibility index (Phi) is 4.61. The summed E-state index contributed by atoms with van der Waals surface area (Å²) in [7, 11) is 0. The highest BCUT2D eigenvalue weighted by atomic mass is 79.9. The number of benzene rings is 1. The molecular formula is C11H11BrF3NO2. The maximum atomic E-state index is 13.4. The smallest absolute Gasteiger partial charge is 0.352 e. The largest absolute Gasteiger partial charge is 0.490 e. The Labute approximate surface area is 110 Å². The third-order valence-corrected chi connectivity index (χ3v) is 2.65. The molecule has 0 radical (unpaired) electrons. The molecule has 0 aliphatic rings. The highest BCUT2D eigenvalue weighted by molar-refractivity contribution is 9.10. The van der Waals surface area contributed by atoms with Crippen LogP contribution < -0.4 is 10.3 Å². The number of halogens is 4. The minimum absolute atomic E-state index is 0.123. The lowest BCUT2D eigenvalue weighted by Crippen LogP contribution is -2.33. The van der Waals surface area contributed by atoms with Gasteiger partial charge in [0, 0.05) is 5.56 Å². The fraction of sp³-hybridized carbons (Fsp3) is 0.364. The summed E-state index contributed by atoms with van der Waals surface area (Å²) in [5.74, 6) is -5.58. The second-order valence-corrected chi connectivity index (χ2v) is 4.66. The molecule has 0 saturated heterocycles. The molecule has 0 saturated carbocycles. The van der Waals surface area contributed by atoms with Gasteiger partial charge < -0.3 is 4.74 Å². The molecule has 0 atom stereocenters. The average molecular weight is 326 g/mol. The maximum Gasteiger partial charge on any atom is 0.352 e. The van der Waals surface area contributed by atoms with E-state index in [9.17, 15) is 18.1 Å². The Morgan fingerprint density at radius 3 is 2.50 bits per heavy atom. The zero-order valence-electron chi connectivity index (χ0n) is 9.64. The molecule has 1 amide bonds. The molecule has 18 heavy (non-hydrogen) atoms. The van der Waals surface area contributed by atoms with Crippen LogP contribution in [0.3, 0.4) is 0 Å². The van der Waals surface area contributed by atoms with Gasteiger partial charge in [-0.05, 0) is 48.0 Å². The second-order valence-electron chi connectivity index (χ2n) is 3.81. The van der Waals surface area contributed by atoms with Gasteiger partial charge in [-0.1, -0.05) is 0 Å². The van der Waals surface area contributed by atoms with E-state index in [0.717, 1.165) is 12.1 Å². The van der Waals surface area contributed by atoms with Gasteiger partial charge >= 0.3 is 11.8 Å². The zero-order chi connectivity index (χ0) is 13.9.